The predicted octanol–water partition coefficient (Wildman–Crippen LogP) is 1.85. The Kier molecular flexibility index (Phi) is 4.42. The Balaban J connectivity index is 2.30. The van der Waals surface area contributed by atoms with Gasteiger partial charge in [0.2, 0.25) is 0 Å². The van der Waals surface area contributed by atoms with Crippen molar-refractivity contribution in [3.05, 3.63) is 17.5 Å². The number of thiophene rings is 1. The van der Waals surface area contributed by atoms with E-state index >= 15 is 0 Å². The molecule has 0 radical (unpaired) electrons. The third kappa shape index (κ3) is 2.77. The van der Waals surface area contributed by atoms with Gasteiger partial charge in [0.1, 0.15) is 4.21 Å². The fourth-order valence-electron chi connectivity index (χ4n) is 2.40. The first-order valence-electron chi connectivity index (χ1n) is 6.29. The van der Waals surface area contributed by atoms with Crippen molar-refractivity contribution in [3.63, 3.8) is 0 Å². The molecule has 1 aromatic rings. The highest BCUT2D eigenvalue weighted by molar-refractivity contribution is 7.91. The van der Waals surface area contributed by atoms with E-state index in [9.17, 15) is 8.42 Å². The Morgan fingerprint density at radius 3 is 2.83 bits per heavy atom. The van der Waals surface area contributed by atoms with Crippen LogP contribution in [0.4, 0.5) is 0 Å². The molecule has 1 saturated heterocycles. The second kappa shape index (κ2) is 5.69. The summed E-state index contributed by atoms with van der Waals surface area (Å²) >= 11 is 1.30. The number of likely N-dealkylation sites (N-methyl/N-ethyl adjacent to an activating group) is 1. The monoisotopic (exact) mass is 288 g/mol. The predicted molar refractivity (Wildman–Crippen MR) is 74.4 cm³/mol. The van der Waals surface area contributed by atoms with Crippen molar-refractivity contribution >= 4 is 21.4 Å². The van der Waals surface area contributed by atoms with Crippen LogP contribution in [-0.4, -0.2) is 50.3 Å². The summed E-state index contributed by atoms with van der Waals surface area (Å²) in [5.41, 5.74) is 0. The summed E-state index contributed by atoms with van der Waals surface area (Å²) in [6, 6.07) is 3.58. The minimum absolute atomic E-state index is 0.0876. The molecule has 1 atom stereocenters. The van der Waals surface area contributed by atoms with Crippen LogP contribution in [-0.2, 0) is 10.0 Å². The highest BCUT2D eigenvalue weighted by Crippen LogP contribution is 2.25. The van der Waals surface area contributed by atoms with Gasteiger partial charge in [-0.05, 0) is 37.9 Å². The van der Waals surface area contributed by atoms with Crippen LogP contribution in [0.25, 0.3) is 0 Å². The Morgan fingerprint density at radius 1 is 1.44 bits per heavy atom. The lowest BCUT2D eigenvalue weighted by Crippen LogP contribution is -2.43. The van der Waals surface area contributed by atoms with Crippen molar-refractivity contribution in [3.8, 4) is 0 Å². The molecule has 1 fully saturated rings. The van der Waals surface area contributed by atoms with Crippen molar-refractivity contribution in [1.29, 1.82) is 0 Å². The van der Waals surface area contributed by atoms with Crippen molar-refractivity contribution in [2.24, 2.45) is 0 Å². The molecule has 0 saturated carbocycles. The normalized spacial score (nSPS) is 24.0. The zero-order valence-corrected chi connectivity index (χ0v) is 12.5. The molecule has 0 spiro atoms. The first-order valence-corrected chi connectivity index (χ1v) is 8.61. The lowest BCUT2D eigenvalue weighted by Gasteiger charge is -2.28. The number of nitrogens with zero attached hydrogens (tertiary/aromatic N) is 2. The van der Waals surface area contributed by atoms with E-state index in [0.717, 1.165) is 25.9 Å². The van der Waals surface area contributed by atoms with E-state index in [0.29, 0.717) is 10.8 Å². The van der Waals surface area contributed by atoms with Crippen LogP contribution in [0.3, 0.4) is 0 Å². The highest BCUT2D eigenvalue weighted by Gasteiger charge is 2.33. The Labute approximate surface area is 113 Å². The molecule has 2 rings (SSSR count). The molecule has 102 valence electrons. The van der Waals surface area contributed by atoms with Crippen LogP contribution >= 0.6 is 11.3 Å². The molecule has 1 unspecified atom stereocenters. The van der Waals surface area contributed by atoms with Gasteiger partial charge >= 0.3 is 0 Å². The zero-order chi connectivity index (χ0) is 13.2. The van der Waals surface area contributed by atoms with Crippen molar-refractivity contribution < 1.29 is 8.42 Å². The Hall–Kier alpha value is -0.430. The number of hydrogen-bond donors (Lipinski definition) is 0. The maximum Gasteiger partial charge on any atom is 0.252 e. The Bertz CT molecular complexity index is 470. The molecule has 0 amide bonds. The van der Waals surface area contributed by atoms with Crippen LogP contribution in [0.5, 0.6) is 0 Å². The summed E-state index contributed by atoms with van der Waals surface area (Å²) in [6.07, 6.45) is 1.76. The van der Waals surface area contributed by atoms with Crippen molar-refractivity contribution in [2.45, 2.75) is 30.0 Å². The smallest absolute Gasteiger partial charge is 0.252 e. The molecule has 6 heteroatoms. The highest BCUT2D eigenvalue weighted by atomic mass is 32.2. The summed E-state index contributed by atoms with van der Waals surface area (Å²) in [5.74, 6) is 0. The summed E-state index contributed by atoms with van der Waals surface area (Å²) in [7, 11) is -1.24. The molecule has 4 nitrogen and oxygen atoms in total. The molecule has 1 aromatic heterocycles. The van der Waals surface area contributed by atoms with Gasteiger partial charge in [0, 0.05) is 19.1 Å². The quantitative estimate of drug-likeness (QED) is 0.852. The SMILES string of the molecule is CCC1CN(C)CCCN1S(=O)(=O)c1cccs1. The molecule has 1 aliphatic heterocycles. The van der Waals surface area contributed by atoms with Gasteiger partial charge in [-0.3, -0.25) is 0 Å². The van der Waals surface area contributed by atoms with E-state index in [2.05, 4.69) is 18.9 Å². The van der Waals surface area contributed by atoms with Gasteiger partial charge in [-0.25, -0.2) is 8.42 Å². The average molecular weight is 288 g/mol. The van der Waals surface area contributed by atoms with Gasteiger partial charge in [-0.1, -0.05) is 13.0 Å². The van der Waals surface area contributed by atoms with Crippen LogP contribution in [0, 0.1) is 0 Å². The lowest BCUT2D eigenvalue weighted by molar-refractivity contribution is 0.270. The number of rotatable bonds is 3. The molecule has 18 heavy (non-hydrogen) atoms. The largest absolute Gasteiger partial charge is 0.305 e. The second-order valence-electron chi connectivity index (χ2n) is 4.73. The van der Waals surface area contributed by atoms with Gasteiger partial charge in [0.15, 0.2) is 0 Å². The molecular weight excluding hydrogens is 268 g/mol. The number of hydrogen-bond acceptors (Lipinski definition) is 4. The Morgan fingerprint density at radius 2 is 2.22 bits per heavy atom. The second-order valence-corrected chi connectivity index (χ2v) is 7.79. The standard InChI is InChI=1S/C12H20N2O2S2/c1-3-11-10-13(2)7-5-8-14(11)18(15,16)12-6-4-9-17-12/h4,6,9,11H,3,5,7-8,10H2,1-2H3. The van der Waals surface area contributed by atoms with E-state index < -0.39 is 10.0 Å². The molecule has 0 aliphatic carbocycles. The van der Waals surface area contributed by atoms with Gasteiger partial charge in [0.05, 0.1) is 0 Å². The van der Waals surface area contributed by atoms with E-state index in [1.165, 1.54) is 11.3 Å². The maximum atomic E-state index is 12.6. The summed E-state index contributed by atoms with van der Waals surface area (Å²) in [6.45, 7) is 4.47. The topological polar surface area (TPSA) is 40.6 Å². The van der Waals surface area contributed by atoms with Crippen molar-refractivity contribution in [1.82, 2.24) is 9.21 Å². The van der Waals surface area contributed by atoms with E-state index in [-0.39, 0.29) is 6.04 Å². The van der Waals surface area contributed by atoms with Crippen LogP contribution in [0.15, 0.2) is 21.7 Å². The lowest BCUT2D eigenvalue weighted by atomic mass is 10.2. The van der Waals surface area contributed by atoms with Gasteiger partial charge in [-0.2, -0.15) is 4.31 Å². The first-order chi connectivity index (χ1) is 8.55. The first kappa shape index (κ1) is 14.0. The summed E-state index contributed by atoms with van der Waals surface area (Å²) in [5, 5.41) is 1.82. The van der Waals surface area contributed by atoms with Gasteiger partial charge in [-0.15, -0.1) is 11.3 Å². The molecular formula is C12H20N2O2S2. The maximum absolute atomic E-state index is 12.6. The molecule has 2 heterocycles. The average Bonchev–Trinajstić information content (AvgIpc) is 2.80. The van der Waals surface area contributed by atoms with Gasteiger partial charge in [0.25, 0.3) is 10.0 Å². The molecule has 1 aliphatic rings. The summed E-state index contributed by atoms with van der Waals surface area (Å²) < 4.78 is 27.4. The third-order valence-electron chi connectivity index (χ3n) is 3.38. The van der Waals surface area contributed by atoms with Crippen LogP contribution in [0.1, 0.15) is 19.8 Å². The molecule has 0 aromatic carbocycles. The summed E-state index contributed by atoms with van der Waals surface area (Å²) in [4.78, 5) is 2.22. The zero-order valence-electron chi connectivity index (χ0n) is 10.9. The van der Waals surface area contributed by atoms with E-state index in [4.69, 9.17) is 0 Å². The van der Waals surface area contributed by atoms with Crippen LogP contribution in [0.2, 0.25) is 0 Å². The third-order valence-corrected chi connectivity index (χ3v) is 6.70. The van der Waals surface area contributed by atoms with Gasteiger partial charge < -0.3 is 4.90 Å². The van der Waals surface area contributed by atoms with E-state index in [1.807, 2.05) is 5.38 Å². The minimum atomic E-state index is -3.30. The number of sulfonamides is 1. The van der Waals surface area contributed by atoms with Crippen LogP contribution < -0.4 is 0 Å². The van der Waals surface area contributed by atoms with E-state index in [1.54, 1.807) is 16.4 Å². The fourth-order valence-corrected chi connectivity index (χ4v) is 5.24. The molecule has 0 bridgehead atoms. The minimum Gasteiger partial charge on any atom is -0.305 e. The molecule has 0 N–H and O–H groups in total. The fraction of sp³-hybridized carbons (Fsp3) is 0.667. The van der Waals surface area contributed by atoms with Crippen molar-refractivity contribution in [2.75, 3.05) is 26.7 Å².